The number of hydrogen-bond donors (Lipinski definition) is 1. The lowest BCUT2D eigenvalue weighted by molar-refractivity contribution is 0.102. The van der Waals surface area contributed by atoms with E-state index >= 15 is 0 Å². The van der Waals surface area contributed by atoms with E-state index in [2.05, 4.69) is 5.32 Å². The molecule has 0 bridgehead atoms. The summed E-state index contributed by atoms with van der Waals surface area (Å²) >= 11 is 11.9. The quantitative estimate of drug-likeness (QED) is 0.569. The Balaban J connectivity index is 1.78. The number of amides is 1. The van der Waals surface area contributed by atoms with E-state index in [4.69, 9.17) is 23.2 Å². The number of sulfonamides is 1. The molecule has 3 rings (SSSR count). The van der Waals surface area contributed by atoms with Crippen molar-refractivity contribution in [3.05, 3.63) is 87.9 Å². The van der Waals surface area contributed by atoms with Crippen LogP contribution in [0.15, 0.2) is 71.6 Å². The summed E-state index contributed by atoms with van der Waals surface area (Å²) in [6, 6.07) is 17.6. The van der Waals surface area contributed by atoms with E-state index in [9.17, 15) is 13.2 Å². The van der Waals surface area contributed by atoms with Gasteiger partial charge in [-0.05, 0) is 61.5 Å². The van der Waals surface area contributed by atoms with E-state index < -0.39 is 10.0 Å². The van der Waals surface area contributed by atoms with Crippen LogP contribution in [0.25, 0.3) is 0 Å². The van der Waals surface area contributed by atoms with E-state index in [0.29, 0.717) is 27.0 Å². The van der Waals surface area contributed by atoms with Crippen LogP contribution in [0.4, 0.5) is 11.4 Å². The zero-order valence-electron chi connectivity index (χ0n) is 15.7. The molecule has 0 saturated carbocycles. The summed E-state index contributed by atoms with van der Waals surface area (Å²) in [5, 5.41) is 3.53. The standard InChI is InChI=1S/C21H18Cl2N2O3S/c1-14-3-9-20(10-4-14)29(27,28)25(2)19-7-5-15(6-8-19)21(26)24-18-12-16(22)11-17(23)13-18/h3-13H,1-2H3,(H,24,26). The van der Waals surface area contributed by atoms with E-state index in [1.54, 1.807) is 66.7 Å². The van der Waals surface area contributed by atoms with Crippen molar-refractivity contribution in [1.82, 2.24) is 0 Å². The number of nitrogens with zero attached hydrogens (tertiary/aromatic N) is 1. The van der Waals surface area contributed by atoms with Crippen molar-refractivity contribution in [1.29, 1.82) is 0 Å². The number of rotatable bonds is 5. The molecule has 0 spiro atoms. The molecule has 0 aromatic heterocycles. The Kier molecular flexibility index (Phi) is 6.17. The predicted octanol–water partition coefficient (Wildman–Crippen LogP) is 5.38. The third-order valence-electron chi connectivity index (χ3n) is 4.29. The first kappa shape index (κ1) is 21.2. The first-order chi connectivity index (χ1) is 13.7. The average Bonchev–Trinajstić information content (AvgIpc) is 2.67. The molecule has 0 heterocycles. The van der Waals surface area contributed by atoms with Crippen molar-refractivity contribution >= 4 is 50.5 Å². The number of hydrogen-bond acceptors (Lipinski definition) is 3. The van der Waals surface area contributed by atoms with E-state index in [-0.39, 0.29) is 10.8 Å². The highest BCUT2D eigenvalue weighted by molar-refractivity contribution is 7.92. The number of halogens is 2. The second kappa shape index (κ2) is 8.45. The summed E-state index contributed by atoms with van der Waals surface area (Å²) < 4.78 is 26.8. The number of carbonyl (C=O) groups is 1. The molecular weight excluding hydrogens is 431 g/mol. The third kappa shape index (κ3) is 4.90. The summed E-state index contributed by atoms with van der Waals surface area (Å²) in [6.45, 7) is 1.89. The second-order valence-electron chi connectivity index (χ2n) is 6.44. The van der Waals surface area contributed by atoms with Gasteiger partial charge in [0.25, 0.3) is 15.9 Å². The maximum Gasteiger partial charge on any atom is 0.264 e. The lowest BCUT2D eigenvalue weighted by Crippen LogP contribution is -2.26. The fraction of sp³-hybridized carbons (Fsp3) is 0.0952. The Hall–Kier alpha value is -2.54. The highest BCUT2D eigenvalue weighted by Crippen LogP contribution is 2.25. The van der Waals surface area contributed by atoms with Gasteiger partial charge in [0, 0.05) is 28.3 Å². The summed E-state index contributed by atoms with van der Waals surface area (Å²) in [4.78, 5) is 12.6. The van der Waals surface area contributed by atoms with Gasteiger partial charge in [-0.3, -0.25) is 9.10 Å². The van der Waals surface area contributed by atoms with Crippen LogP contribution in [0.3, 0.4) is 0 Å². The van der Waals surface area contributed by atoms with Crippen molar-refractivity contribution < 1.29 is 13.2 Å². The third-order valence-corrected chi connectivity index (χ3v) is 6.53. The number of benzene rings is 3. The Bertz CT molecular complexity index is 1130. The lowest BCUT2D eigenvalue weighted by Gasteiger charge is -2.20. The van der Waals surface area contributed by atoms with Gasteiger partial charge in [0.2, 0.25) is 0 Å². The van der Waals surface area contributed by atoms with E-state index in [1.165, 1.54) is 11.4 Å². The molecule has 0 aliphatic heterocycles. The monoisotopic (exact) mass is 448 g/mol. The summed E-state index contributed by atoms with van der Waals surface area (Å²) in [5.41, 5.74) is 2.25. The maximum absolute atomic E-state index is 12.8. The van der Waals surface area contributed by atoms with Gasteiger partial charge in [-0.25, -0.2) is 8.42 Å². The highest BCUT2D eigenvalue weighted by atomic mass is 35.5. The largest absolute Gasteiger partial charge is 0.322 e. The molecule has 1 N–H and O–H groups in total. The van der Waals surface area contributed by atoms with Gasteiger partial charge in [-0.1, -0.05) is 40.9 Å². The van der Waals surface area contributed by atoms with Gasteiger partial charge in [-0.15, -0.1) is 0 Å². The maximum atomic E-state index is 12.8. The Morgan fingerprint density at radius 1 is 0.897 bits per heavy atom. The normalized spacial score (nSPS) is 11.2. The van der Waals surface area contributed by atoms with Crippen LogP contribution in [0, 0.1) is 6.92 Å². The van der Waals surface area contributed by atoms with Gasteiger partial charge < -0.3 is 5.32 Å². The van der Waals surface area contributed by atoms with Crippen LogP contribution in [-0.4, -0.2) is 21.4 Å². The van der Waals surface area contributed by atoms with Crippen LogP contribution in [0.1, 0.15) is 15.9 Å². The molecule has 1 amide bonds. The molecule has 150 valence electrons. The predicted molar refractivity (Wildman–Crippen MR) is 118 cm³/mol. The second-order valence-corrected chi connectivity index (χ2v) is 9.29. The van der Waals surface area contributed by atoms with Crippen LogP contribution < -0.4 is 9.62 Å². The van der Waals surface area contributed by atoms with E-state index in [0.717, 1.165) is 5.56 Å². The average molecular weight is 449 g/mol. The minimum Gasteiger partial charge on any atom is -0.322 e. The molecule has 0 radical (unpaired) electrons. The molecular formula is C21H18Cl2N2O3S. The van der Waals surface area contributed by atoms with Crippen LogP contribution >= 0.6 is 23.2 Å². The van der Waals surface area contributed by atoms with Gasteiger partial charge in [-0.2, -0.15) is 0 Å². The molecule has 0 aliphatic rings. The minimum atomic E-state index is -3.70. The van der Waals surface area contributed by atoms with Crippen molar-refractivity contribution in [3.63, 3.8) is 0 Å². The van der Waals surface area contributed by atoms with Crippen LogP contribution in [0.5, 0.6) is 0 Å². The first-order valence-corrected chi connectivity index (χ1v) is 10.8. The lowest BCUT2D eigenvalue weighted by atomic mass is 10.2. The fourth-order valence-corrected chi connectivity index (χ4v) is 4.38. The molecule has 3 aromatic rings. The summed E-state index contributed by atoms with van der Waals surface area (Å²) in [6.07, 6.45) is 0. The van der Waals surface area contributed by atoms with Crippen molar-refractivity contribution in [2.24, 2.45) is 0 Å². The molecule has 8 heteroatoms. The number of nitrogens with one attached hydrogen (secondary N) is 1. The number of carbonyl (C=O) groups excluding carboxylic acids is 1. The Labute approximate surface area is 179 Å². The smallest absolute Gasteiger partial charge is 0.264 e. The van der Waals surface area contributed by atoms with Gasteiger partial charge in [0.15, 0.2) is 0 Å². The molecule has 29 heavy (non-hydrogen) atoms. The van der Waals surface area contributed by atoms with Crippen molar-refractivity contribution in [2.75, 3.05) is 16.7 Å². The van der Waals surface area contributed by atoms with Gasteiger partial charge >= 0.3 is 0 Å². The summed E-state index contributed by atoms with van der Waals surface area (Å²) in [7, 11) is -2.23. The highest BCUT2D eigenvalue weighted by Gasteiger charge is 2.21. The molecule has 0 unspecified atom stereocenters. The van der Waals surface area contributed by atoms with E-state index in [1.807, 2.05) is 6.92 Å². The minimum absolute atomic E-state index is 0.199. The summed E-state index contributed by atoms with van der Waals surface area (Å²) in [5.74, 6) is -0.362. The SMILES string of the molecule is Cc1ccc(S(=O)(=O)N(C)c2ccc(C(=O)Nc3cc(Cl)cc(Cl)c3)cc2)cc1. The number of anilines is 2. The van der Waals surface area contributed by atoms with Crippen LogP contribution in [0.2, 0.25) is 10.0 Å². The zero-order chi connectivity index (χ0) is 21.2. The number of aryl methyl sites for hydroxylation is 1. The molecule has 0 fully saturated rings. The van der Waals surface area contributed by atoms with Crippen molar-refractivity contribution in [2.45, 2.75) is 11.8 Å². The molecule has 0 atom stereocenters. The van der Waals surface area contributed by atoms with Crippen molar-refractivity contribution in [3.8, 4) is 0 Å². The van der Waals surface area contributed by atoms with Crippen LogP contribution in [-0.2, 0) is 10.0 Å². The Morgan fingerprint density at radius 2 is 1.45 bits per heavy atom. The fourth-order valence-electron chi connectivity index (χ4n) is 2.66. The zero-order valence-corrected chi connectivity index (χ0v) is 18.0. The molecule has 0 aliphatic carbocycles. The van der Waals surface area contributed by atoms with Gasteiger partial charge in [0.05, 0.1) is 10.6 Å². The van der Waals surface area contributed by atoms with Gasteiger partial charge in [0.1, 0.15) is 0 Å². The molecule has 0 saturated heterocycles. The Morgan fingerprint density at radius 3 is 2.00 bits per heavy atom. The molecule has 3 aromatic carbocycles. The topological polar surface area (TPSA) is 66.5 Å². The molecule has 5 nitrogen and oxygen atoms in total. The first-order valence-electron chi connectivity index (χ1n) is 8.60.